The average molecular weight is 279 g/mol. The number of thiocarbonyl (C=S) groups is 1. The van der Waals surface area contributed by atoms with Crippen LogP contribution >= 0.6 is 12.2 Å². The van der Waals surface area contributed by atoms with Gasteiger partial charge in [0.05, 0.1) is 23.3 Å². The molecule has 0 aromatic heterocycles. The van der Waals surface area contributed by atoms with Crippen LogP contribution in [0, 0.1) is 11.3 Å². The third kappa shape index (κ3) is 3.17. The van der Waals surface area contributed by atoms with Crippen LogP contribution in [0.15, 0.2) is 0 Å². The summed E-state index contributed by atoms with van der Waals surface area (Å²) in [7, 11) is -1.49. The van der Waals surface area contributed by atoms with Crippen molar-refractivity contribution in [3.63, 3.8) is 0 Å². The fourth-order valence-corrected chi connectivity index (χ4v) is 3.68. The predicted molar refractivity (Wildman–Crippen MR) is 72.5 cm³/mol. The van der Waals surface area contributed by atoms with Gasteiger partial charge in [-0.3, -0.25) is 4.18 Å². The summed E-state index contributed by atoms with van der Waals surface area (Å²) in [6.45, 7) is 8.13. The molecule has 0 N–H and O–H groups in total. The monoisotopic (exact) mass is 279 g/mol. The molecule has 0 radical (unpaired) electrons. The lowest BCUT2D eigenvalue weighted by molar-refractivity contribution is 0.0333. The Balaban J connectivity index is 2.86. The molecule has 1 heterocycles. The smallest absolute Gasteiger partial charge is 0.264 e. The lowest BCUT2D eigenvalue weighted by atomic mass is 9.70. The second-order valence-electron chi connectivity index (χ2n) is 5.79. The van der Waals surface area contributed by atoms with E-state index in [1.165, 1.54) is 0 Å². The first kappa shape index (κ1) is 14.9. The second-order valence-corrected chi connectivity index (χ2v) is 7.81. The van der Waals surface area contributed by atoms with E-state index in [0.717, 1.165) is 11.2 Å². The van der Waals surface area contributed by atoms with E-state index < -0.39 is 16.2 Å². The van der Waals surface area contributed by atoms with Crippen LogP contribution in [0.2, 0.25) is 0 Å². The van der Waals surface area contributed by atoms with Gasteiger partial charge in [-0.05, 0) is 12.3 Å². The van der Waals surface area contributed by atoms with Gasteiger partial charge in [-0.15, -0.1) is 0 Å². The summed E-state index contributed by atoms with van der Waals surface area (Å²) in [6, 6.07) is 0.215. The first-order valence-electron chi connectivity index (χ1n) is 5.60. The molecule has 1 rings (SSSR count). The van der Waals surface area contributed by atoms with E-state index in [1.807, 2.05) is 11.9 Å². The van der Waals surface area contributed by atoms with Crippen LogP contribution < -0.4 is 0 Å². The zero-order valence-corrected chi connectivity index (χ0v) is 12.9. The summed E-state index contributed by atoms with van der Waals surface area (Å²) >= 11 is 5.29. The number of nitrogens with zero attached hydrogens (tertiary/aromatic N) is 1. The minimum absolute atomic E-state index is 0.00951. The molecular weight excluding hydrogens is 258 g/mol. The molecule has 0 aliphatic carbocycles. The van der Waals surface area contributed by atoms with Crippen LogP contribution in [-0.4, -0.2) is 43.8 Å². The highest BCUT2D eigenvalue weighted by Gasteiger charge is 2.51. The van der Waals surface area contributed by atoms with Crippen LogP contribution in [0.4, 0.5) is 0 Å². The molecule has 0 bridgehead atoms. The third-order valence-corrected chi connectivity index (χ3v) is 4.32. The molecule has 0 amide bonds. The molecule has 100 valence electrons. The zero-order chi connectivity index (χ0) is 13.6. The van der Waals surface area contributed by atoms with Crippen LogP contribution in [-0.2, 0) is 14.3 Å². The quantitative estimate of drug-likeness (QED) is 0.581. The Labute approximate surface area is 109 Å². The summed E-state index contributed by atoms with van der Waals surface area (Å²) in [5.74, 6) is -0.00951. The van der Waals surface area contributed by atoms with Gasteiger partial charge in [0.2, 0.25) is 0 Å². The SMILES string of the molecule is C[C@@H](OS(C)(=O)=O)[C@@H]1C(=S)N(C)[C@H]1C(C)(C)C. The van der Waals surface area contributed by atoms with Crippen LogP contribution in [0.3, 0.4) is 0 Å². The van der Waals surface area contributed by atoms with E-state index in [9.17, 15) is 8.42 Å². The fourth-order valence-electron chi connectivity index (χ4n) is 2.58. The van der Waals surface area contributed by atoms with E-state index in [0.29, 0.717) is 0 Å². The Morgan fingerprint density at radius 2 is 1.88 bits per heavy atom. The molecule has 0 saturated carbocycles. The third-order valence-electron chi connectivity index (χ3n) is 3.11. The number of rotatable bonds is 3. The first-order valence-corrected chi connectivity index (χ1v) is 7.82. The van der Waals surface area contributed by atoms with Gasteiger partial charge in [0.25, 0.3) is 10.1 Å². The number of hydrogen-bond acceptors (Lipinski definition) is 4. The van der Waals surface area contributed by atoms with Gasteiger partial charge in [-0.1, -0.05) is 33.0 Å². The normalized spacial score (nSPS) is 27.9. The topological polar surface area (TPSA) is 46.6 Å². The highest BCUT2D eigenvalue weighted by atomic mass is 32.2. The van der Waals surface area contributed by atoms with Gasteiger partial charge in [0.1, 0.15) is 0 Å². The molecule has 0 aromatic rings. The summed E-state index contributed by atoms with van der Waals surface area (Å²) in [6.07, 6.45) is 0.666. The van der Waals surface area contributed by atoms with E-state index in [2.05, 4.69) is 20.8 Å². The Hall–Kier alpha value is -0.200. The van der Waals surface area contributed by atoms with Gasteiger partial charge in [0.15, 0.2) is 0 Å². The zero-order valence-electron chi connectivity index (χ0n) is 11.2. The molecule has 1 fully saturated rings. The predicted octanol–water partition coefficient (Wildman–Crippen LogP) is 1.65. The van der Waals surface area contributed by atoms with Crippen LogP contribution in [0.25, 0.3) is 0 Å². The molecular formula is C11H21NO3S2. The van der Waals surface area contributed by atoms with Crippen molar-refractivity contribution in [3.8, 4) is 0 Å². The summed E-state index contributed by atoms with van der Waals surface area (Å²) in [5, 5.41) is 0. The molecule has 0 unspecified atom stereocenters. The lowest BCUT2D eigenvalue weighted by Gasteiger charge is -2.55. The minimum atomic E-state index is -3.43. The first-order chi connectivity index (χ1) is 7.45. The van der Waals surface area contributed by atoms with Crippen molar-refractivity contribution in [3.05, 3.63) is 0 Å². The summed E-state index contributed by atoms with van der Waals surface area (Å²) in [4.78, 5) is 2.81. The molecule has 17 heavy (non-hydrogen) atoms. The van der Waals surface area contributed by atoms with Crippen LogP contribution in [0.1, 0.15) is 27.7 Å². The van der Waals surface area contributed by atoms with Crippen LogP contribution in [0.5, 0.6) is 0 Å². The largest absolute Gasteiger partial charge is 0.365 e. The van der Waals surface area contributed by atoms with E-state index in [1.54, 1.807) is 6.92 Å². The van der Waals surface area contributed by atoms with Crippen molar-refractivity contribution >= 4 is 27.3 Å². The number of likely N-dealkylation sites (tertiary alicyclic amines) is 1. The van der Waals surface area contributed by atoms with Crippen molar-refractivity contribution in [1.29, 1.82) is 0 Å². The maximum absolute atomic E-state index is 11.2. The van der Waals surface area contributed by atoms with Crippen molar-refractivity contribution in [1.82, 2.24) is 4.90 Å². The summed E-state index contributed by atoms with van der Waals surface area (Å²) in [5.41, 5.74) is 0.0385. The van der Waals surface area contributed by atoms with Gasteiger partial charge < -0.3 is 4.90 Å². The molecule has 6 heteroatoms. The number of hydrogen-bond donors (Lipinski definition) is 0. The van der Waals surface area contributed by atoms with Crippen molar-refractivity contribution in [2.45, 2.75) is 39.8 Å². The maximum atomic E-state index is 11.2. The Morgan fingerprint density at radius 3 is 2.24 bits per heavy atom. The minimum Gasteiger partial charge on any atom is -0.365 e. The average Bonchev–Trinajstić information content (AvgIpc) is 2.06. The molecule has 0 aromatic carbocycles. The lowest BCUT2D eigenvalue weighted by Crippen LogP contribution is -2.66. The molecule has 1 aliphatic rings. The standard InChI is InChI=1S/C11H21NO3S2/c1-7(15-17(6,13)14)8-9(11(2,3)4)12(5)10(8)16/h7-9H,1-6H3/t7-,8+,9-/m1/s1. The van der Waals surface area contributed by atoms with E-state index in [4.69, 9.17) is 16.4 Å². The maximum Gasteiger partial charge on any atom is 0.264 e. The highest BCUT2D eigenvalue weighted by molar-refractivity contribution is 7.86. The van der Waals surface area contributed by atoms with Crippen molar-refractivity contribution in [2.75, 3.05) is 13.3 Å². The Kier molecular flexibility index (Phi) is 3.91. The van der Waals surface area contributed by atoms with Gasteiger partial charge in [-0.25, -0.2) is 0 Å². The van der Waals surface area contributed by atoms with Gasteiger partial charge in [0, 0.05) is 13.1 Å². The molecule has 3 atom stereocenters. The Bertz CT molecular complexity index is 411. The molecule has 1 aliphatic heterocycles. The van der Waals surface area contributed by atoms with Crippen molar-refractivity contribution in [2.24, 2.45) is 11.3 Å². The van der Waals surface area contributed by atoms with E-state index in [-0.39, 0.29) is 17.4 Å². The van der Waals surface area contributed by atoms with E-state index >= 15 is 0 Å². The molecule has 1 saturated heterocycles. The molecule has 0 spiro atoms. The van der Waals surface area contributed by atoms with Gasteiger partial charge in [-0.2, -0.15) is 8.42 Å². The highest BCUT2D eigenvalue weighted by Crippen LogP contribution is 2.41. The van der Waals surface area contributed by atoms with Gasteiger partial charge >= 0.3 is 0 Å². The van der Waals surface area contributed by atoms with Crippen molar-refractivity contribution < 1.29 is 12.6 Å². The second kappa shape index (κ2) is 4.48. The Morgan fingerprint density at radius 1 is 1.41 bits per heavy atom. The molecule has 4 nitrogen and oxygen atoms in total. The fraction of sp³-hybridized carbons (Fsp3) is 0.909. The summed E-state index contributed by atoms with van der Waals surface area (Å²) < 4.78 is 27.3.